The maximum Gasteiger partial charge on any atom is 0.143 e. The molecule has 0 atom stereocenters. The molecule has 0 aliphatic heterocycles. The van der Waals surface area contributed by atoms with E-state index < -0.39 is 85.0 Å². The average Bonchev–Trinajstić information content (AvgIpc) is 3.73. The summed E-state index contributed by atoms with van der Waals surface area (Å²) in [6.07, 6.45) is -0.487. The van der Waals surface area contributed by atoms with Gasteiger partial charge in [-0.05, 0) is 113 Å². The zero-order valence-electron chi connectivity index (χ0n) is 41.6. The summed E-state index contributed by atoms with van der Waals surface area (Å²) in [5.74, 6) is 0. The number of para-hydroxylation sites is 1. The number of hydrogen-bond donors (Lipinski definition) is 0. The van der Waals surface area contributed by atoms with E-state index in [-0.39, 0.29) is 38.2 Å². The molecule has 0 unspecified atom stereocenters. The van der Waals surface area contributed by atoms with Gasteiger partial charge in [0.15, 0.2) is 0 Å². The lowest BCUT2D eigenvalue weighted by Gasteiger charge is -2.18. The first-order valence-electron chi connectivity index (χ1n) is 24.1. The summed E-state index contributed by atoms with van der Waals surface area (Å²) < 4.78 is 121. The van der Waals surface area contributed by atoms with E-state index in [0.29, 0.717) is 5.56 Å². The predicted octanol–water partition coefficient (Wildman–Crippen LogP) is 14.8. The zero-order chi connectivity index (χ0) is 46.9. The van der Waals surface area contributed by atoms with Crippen molar-refractivity contribution in [2.75, 3.05) is 0 Å². The van der Waals surface area contributed by atoms with Gasteiger partial charge in [-0.15, -0.1) is 0 Å². The van der Waals surface area contributed by atoms with Crippen LogP contribution in [0.1, 0.15) is 28.9 Å². The molecule has 0 saturated carbocycles. The fourth-order valence-corrected chi connectivity index (χ4v) is 7.94. The van der Waals surface area contributed by atoms with E-state index >= 15 is 0 Å². The van der Waals surface area contributed by atoms with Crippen molar-refractivity contribution < 1.29 is 22.2 Å². The lowest BCUT2D eigenvalue weighted by molar-refractivity contribution is 0.670. The molecule has 0 fully saturated rings. The topological polar surface area (TPSA) is 13.1 Å². The van der Waals surface area contributed by atoms with Crippen LogP contribution < -0.4 is 0 Å². The SMILES string of the molecule is [2H]c1c([2H])c([2H])c(Cc2c3c([2H])c([2H])c([2H])c([2H])c3c(-c3ccc4cc(-c5ccc6c(c5)oc5c(-c7cccc8ccccc78)cccc56)ccc4c3)c3c([2H])c([2H])c([2H])c([2H])c23)c([2H])c1[2H]. The average molecular weight is 700 g/mol. The molecule has 0 amide bonds. The number of furan rings is 1. The smallest absolute Gasteiger partial charge is 0.143 e. The van der Waals surface area contributed by atoms with Crippen molar-refractivity contribution in [2.24, 2.45) is 0 Å². The van der Waals surface area contributed by atoms with Crippen LogP contribution in [-0.2, 0) is 6.42 Å². The third-order valence-electron chi connectivity index (χ3n) is 10.4. The van der Waals surface area contributed by atoms with Crippen molar-refractivity contribution in [3.05, 3.63) is 205 Å². The van der Waals surface area contributed by atoms with Gasteiger partial charge in [0.1, 0.15) is 11.2 Å². The third kappa shape index (κ3) is 4.94. The summed E-state index contributed by atoms with van der Waals surface area (Å²) in [5, 5.41) is 5.65. The highest BCUT2D eigenvalue weighted by Crippen LogP contribution is 2.42. The maximum absolute atomic E-state index is 9.29. The van der Waals surface area contributed by atoms with E-state index in [2.05, 4.69) is 60.7 Å². The van der Waals surface area contributed by atoms with Crippen LogP contribution in [0.25, 0.3) is 98.4 Å². The molecule has 0 bridgehead atoms. The Morgan fingerprint density at radius 1 is 0.407 bits per heavy atom. The highest BCUT2D eigenvalue weighted by Gasteiger charge is 2.17. The van der Waals surface area contributed by atoms with Crippen LogP contribution in [0, 0.1) is 0 Å². The van der Waals surface area contributed by atoms with Crippen molar-refractivity contribution in [3.8, 4) is 33.4 Å². The molecule has 1 nitrogen and oxygen atoms in total. The van der Waals surface area contributed by atoms with Crippen LogP contribution in [0.4, 0.5) is 0 Å². The fourth-order valence-electron chi connectivity index (χ4n) is 7.94. The minimum atomic E-state index is -0.616. The van der Waals surface area contributed by atoms with E-state index in [1.54, 1.807) is 6.07 Å². The van der Waals surface area contributed by atoms with Crippen molar-refractivity contribution in [1.82, 2.24) is 0 Å². The van der Waals surface area contributed by atoms with Gasteiger partial charge in [-0.3, -0.25) is 0 Å². The Bertz CT molecular complexity index is 3890. The molecule has 10 aromatic carbocycles. The quantitative estimate of drug-likeness (QED) is 0.163. The molecule has 1 heteroatoms. The number of rotatable bonds is 5. The minimum absolute atomic E-state index is 0.0112. The van der Waals surface area contributed by atoms with Crippen molar-refractivity contribution >= 4 is 65.0 Å². The van der Waals surface area contributed by atoms with Gasteiger partial charge in [0.05, 0.1) is 17.8 Å². The van der Waals surface area contributed by atoms with E-state index in [0.717, 1.165) is 65.7 Å². The summed E-state index contributed by atoms with van der Waals surface area (Å²) in [7, 11) is 0. The molecule has 0 aliphatic carbocycles. The lowest BCUT2D eigenvalue weighted by Crippen LogP contribution is -1.95. The summed E-state index contributed by atoms with van der Waals surface area (Å²) in [4.78, 5) is 0. The molecular formula is C53H34O. The van der Waals surface area contributed by atoms with Gasteiger partial charge in [-0.2, -0.15) is 0 Å². The van der Waals surface area contributed by atoms with E-state index in [1.165, 1.54) is 0 Å². The Morgan fingerprint density at radius 2 is 1.00 bits per heavy atom. The predicted molar refractivity (Wildman–Crippen MR) is 229 cm³/mol. The summed E-state index contributed by atoms with van der Waals surface area (Å²) in [6, 6.07) is 31.2. The Labute approximate surface area is 331 Å². The third-order valence-corrected chi connectivity index (χ3v) is 10.4. The second-order valence-corrected chi connectivity index (χ2v) is 13.4. The summed E-state index contributed by atoms with van der Waals surface area (Å²) in [5.41, 5.74) is 5.83. The van der Waals surface area contributed by atoms with Crippen molar-refractivity contribution in [2.45, 2.75) is 6.42 Å². The molecule has 11 aromatic rings. The monoisotopic (exact) mass is 699 g/mol. The number of hydrogen-bond acceptors (Lipinski definition) is 1. The van der Waals surface area contributed by atoms with Crippen LogP contribution in [-0.4, -0.2) is 0 Å². The van der Waals surface area contributed by atoms with Gasteiger partial charge in [0, 0.05) is 16.3 Å². The minimum Gasteiger partial charge on any atom is -0.455 e. The normalized spacial score (nSPS) is 15.1. The Kier molecular flexibility index (Phi) is 4.64. The standard InChI is InChI=1S/C53H34O/c1-2-12-34(13-3-1)30-50-43-17-6-8-19-46(43)52(47-20-9-7-18-44(47)50)40-27-26-36-31-37(24-25-38(36)32-40)39-28-29-45-49-23-11-22-48(53(49)54-51(45)33-39)42-21-10-15-35-14-4-5-16-41(35)42/h1-29,31-33H,30H2/i1D,2D,3D,6D,7D,8D,9D,12D,13D,17D,18D,19D,20D. The van der Waals surface area contributed by atoms with Crippen molar-refractivity contribution in [1.29, 1.82) is 0 Å². The summed E-state index contributed by atoms with van der Waals surface area (Å²) >= 11 is 0. The van der Waals surface area contributed by atoms with E-state index in [9.17, 15) is 5.48 Å². The van der Waals surface area contributed by atoms with Crippen molar-refractivity contribution in [3.63, 3.8) is 0 Å². The molecule has 252 valence electrons. The molecule has 0 N–H and O–H groups in total. The van der Waals surface area contributed by atoms with Crippen LogP contribution in [0.5, 0.6) is 0 Å². The first-order chi connectivity index (χ1) is 32.2. The van der Waals surface area contributed by atoms with Crippen LogP contribution in [0.15, 0.2) is 198 Å². The molecule has 11 rings (SSSR count). The van der Waals surface area contributed by atoms with Gasteiger partial charge in [0.2, 0.25) is 0 Å². The molecule has 1 aromatic heterocycles. The Hall–Kier alpha value is -6.96. The van der Waals surface area contributed by atoms with E-state index in [4.69, 9.17) is 16.8 Å². The van der Waals surface area contributed by atoms with Gasteiger partial charge in [-0.1, -0.05) is 170 Å². The zero-order valence-corrected chi connectivity index (χ0v) is 28.6. The number of benzene rings is 10. The van der Waals surface area contributed by atoms with Gasteiger partial charge >= 0.3 is 0 Å². The fraction of sp³-hybridized carbons (Fsp3) is 0.0189. The Balaban J connectivity index is 1.09. The van der Waals surface area contributed by atoms with Gasteiger partial charge in [-0.25, -0.2) is 0 Å². The largest absolute Gasteiger partial charge is 0.455 e. The molecule has 0 saturated heterocycles. The molecule has 0 spiro atoms. The highest BCUT2D eigenvalue weighted by atomic mass is 16.3. The first-order valence-corrected chi connectivity index (χ1v) is 17.6. The second-order valence-electron chi connectivity index (χ2n) is 13.4. The highest BCUT2D eigenvalue weighted by molar-refractivity contribution is 6.16. The molecule has 0 radical (unpaired) electrons. The Morgan fingerprint density at radius 3 is 1.80 bits per heavy atom. The van der Waals surface area contributed by atoms with E-state index in [1.807, 2.05) is 48.5 Å². The van der Waals surface area contributed by atoms with Crippen LogP contribution >= 0.6 is 0 Å². The molecular weight excluding hydrogens is 653 g/mol. The second kappa shape index (κ2) is 12.3. The lowest BCUT2D eigenvalue weighted by atomic mass is 9.86. The molecule has 1 heterocycles. The number of fused-ring (bicyclic) bond motifs is 7. The molecule has 0 aliphatic rings. The molecule has 54 heavy (non-hydrogen) atoms. The summed E-state index contributed by atoms with van der Waals surface area (Å²) in [6.45, 7) is 0. The van der Waals surface area contributed by atoms with Gasteiger partial charge < -0.3 is 4.42 Å². The van der Waals surface area contributed by atoms with Crippen LogP contribution in [0.2, 0.25) is 0 Å². The van der Waals surface area contributed by atoms with Crippen LogP contribution in [0.3, 0.4) is 0 Å². The van der Waals surface area contributed by atoms with Gasteiger partial charge in [0.25, 0.3) is 0 Å². The maximum atomic E-state index is 9.29. The first kappa shape index (κ1) is 20.3.